The van der Waals surface area contributed by atoms with Gasteiger partial charge in [0.2, 0.25) is 23.6 Å². The van der Waals surface area contributed by atoms with Crippen LogP contribution in [0.5, 0.6) is 0 Å². The molecule has 7 rings (SSSR count). The summed E-state index contributed by atoms with van der Waals surface area (Å²) in [5.74, 6) is 0.271. The Labute approximate surface area is 343 Å². The number of piperidine rings is 1. The van der Waals surface area contributed by atoms with E-state index in [1.165, 1.54) is 22.4 Å². The summed E-state index contributed by atoms with van der Waals surface area (Å²) < 4.78 is 0. The molecule has 0 radical (unpaired) electrons. The molecule has 0 saturated carbocycles. The fourth-order valence-corrected chi connectivity index (χ4v) is 8.27. The Bertz CT molecular complexity index is 2260. The molecule has 5 heterocycles. The minimum Gasteiger partial charge on any atom is -0.353 e. The lowest BCUT2D eigenvalue weighted by Crippen LogP contribution is -2.52. The van der Waals surface area contributed by atoms with E-state index in [-0.39, 0.29) is 55.3 Å². The standard InChI is InChI=1S/C40H43ClN10O6S/c1-23-8-6-10-27(41)36(23)48-38(56)30-21-42-40(58-30)46-31-20-32(44-24(2)43-31)49-16-18-50(19-17-49)35(54)13-5-3-4-12-33(52)45-28-11-7-9-25-26(28)22-51(39(25)57)29-14-15-34(53)47-37(29)55/h6-11,20-21,29H,3-5,12-19,22H2,1-2H3,(H,45,52)(H,48,56)(H,47,53,55)(H,42,43,44,46). The second kappa shape index (κ2) is 17.7. The van der Waals surface area contributed by atoms with E-state index in [1.54, 1.807) is 31.2 Å². The predicted molar refractivity (Wildman–Crippen MR) is 219 cm³/mol. The molecule has 3 aliphatic rings. The molecule has 0 spiro atoms. The number of hydrogen-bond acceptors (Lipinski definition) is 12. The number of anilines is 5. The van der Waals surface area contributed by atoms with Gasteiger partial charge in [-0.2, -0.15) is 0 Å². The number of piperazine rings is 1. The number of carbonyl (C=O) groups excluding carboxylic acids is 6. The molecular weight excluding hydrogens is 784 g/mol. The third-order valence-electron chi connectivity index (χ3n) is 10.4. The number of thiazole rings is 1. The molecule has 16 nitrogen and oxygen atoms in total. The molecule has 4 N–H and O–H groups in total. The average molecular weight is 827 g/mol. The fraction of sp³-hybridized carbons (Fsp3) is 0.375. The SMILES string of the molecule is Cc1nc(Nc2ncc(C(=O)Nc3c(C)cccc3Cl)s2)cc(N2CCN(C(=O)CCCCCC(=O)Nc3cccc4c3CN(C3CCC(=O)NC3=O)C4=O)CC2)n1. The van der Waals surface area contributed by atoms with Crippen LogP contribution in [0.2, 0.25) is 5.02 Å². The first-order chi connectivity index (χ1) is 27.9. The number of para-hydroxylation sites is 1. The van der Waals surface area contributed by atoms with E-state index < -0.39 is 11.9 Å². The van der Waals surface area contributed by atoms with Gasteiger partial charge in [-0.1, -0.05) is 47.6 Å². The van der Waals surface area contributed by atoms with Crippen molar-refractivity contribution in [2.45, 2.75) is 71.4 Å². The number of hydrogen-bond donors (Lipinski definition) is 4. The third-order valence-corrected chi connectivity index (χ3v) is 11.6. The Morgan fingerprint density at radius 3 is 2.50 bits per heavy atom. The Hall–Kier alpha value is -5.94. The molecule has 58 heavy (non-hydrogen) atoms. The number of unbranched alkanes of at least 4 members (excludes halogenated alkanes) is 2. The third kappa shape index (κ3) is 9.26. The zero-order valence-electron chi connectivity index (χ0n) is 32.1. The van der Waals surface area contributed by atoms with E-state index in [0.29, 0.717) is 101 Å². The number of aromatic nitrogens is 3. The maximum Gasteiger partial charge on any atom is 0.267 e. The number of nitrogens with one attached hydrogen (secondary N) is 4. The van der Waals surface area contributed by atoms with Crippen LogP contribution in [0, 0.1) is 13.8 Å². The summed E-state index contributed by atoms with van der Waals surface area (Å²) in [7, 11) is 0. The predicted octanol–water partition coefficient (Wildman–Crippen LogP) is 5.20. The molecule has 1 atom stereocenters. The smallest absolute Gasteiger partial charge is 0.267 e. The molecule has 3 aliphatic heterocycles. The molecular formula is C40H43ClN10O6S. The quantitative estimate of drug-likeness (QED) is 0.102. The van der Waals surface area contributed by atoms with Crippen LogP contribution in [-0.4, -0.2) is 92.4 Å². The van der Waals surface area contributed by atoms with Gasteiger partial charge < -0.3 is 30.7 Å². The van der Waals surface area contributed by atoms with Crippen molar-refractivity contribution in [2.75, 3.05) is 47.0 Å². The topological polar surface area (TPSA) is 199 Å². The van der Waals surface area contributed by atoms with Crippen LogP contribution in [-0.2, 0) is 25.7 Å². The van der Waals surface area contributed by atoms with Crippen LogP contribution < -0.4 is 26.2 Å². The lowest BCUT2D eigenvalue weighted by Gasteiger charge is -2.35. The van der Waals surface area contributed by atoms with Gasteiger partial charge in [0.25, 0.3) is 11.8 Å². The van der Waals surface area contributed by atoms with Gasteiger partial charge in [-0.05, 0) is 56.9 Å². The number of carbonyl (C=O) groups is 6. The first-order valence-electron chi connectivity index (χ1n) is 19.2. The average Bonchev–Trinajstić information content (AvgIpc) is 3.80. The number of amides is 6. The number of imide groups is 1. The lowest BCUT2D eigenvalue weighted by atomic mass is 10.0. The second-order valence-corrected chi connectivity index (χ2v) is 15.8. The van der Waals surface area contributed by atoms with Crippen LogP contribution in [0.4, 0.5) is 28.1 Å². The lowest BCUT2D eigenvalue weighted by molar-refractivity contribution is -0.137. The zero-order chi connectivity index (χ0) is 40.9. The minimum absolute atomic E-state index is 0.0729. The van der Waals surface area contributed by atoms with E-state index in [4.69, 9.17) is 11.6 Å². The van der Waals surface area contributed by atoms with E-state index in [2.05, 4.69) is 41.1 Å². The monoisotopic (exact) mass is 826 g/mol. The van der Waals surface area contributed by atoms with Crippen molar-refractivity contribution in [3.63, 3.8) is 0 Å². The summed E-state index contributed by atoms with van der Waals surface area (Å²) in [4.78, 5) is 95.3. The van der Waals surface area contributed by atoms with Crippen LogP contribution >= 0.6 is 22.9 Å². The Morgan fingerprint density at radius 2 is 1.72 bits per heavy atom. The fourth-order valence-electron chi connectivity index (χ4n) is 7.29. The van der Waals surface area contributed by atoms with Crippen molar-refractivity contribution in [1.29, 1.82) is 0 Å². The number of aryl methyl sites for hydroxylation is 2. The van der Waals surface area contributed by atoms with Gasteiger partial charge in [0.1, 0.15) is 28.4 Å². The molecule has 4 aromatic rings. The Kier molecular flexibility index (Phi) is 12.3. The van der Waals surface area contributed by atoms with Gasteiger partial charge in [0.15, 0.2) is 5.13 Å². The maximum atomic E-state index is 13.1. The maximum absolute atomic E-state index is 13.1. The summed E-state index contributed by atoms with van der Waals surface area (Å²) in [6.07, 6.45) is 4.54. The van der Waals surface area contributed by atoms with E-state index in [9.17, 15) is 28.8 Å². The highest BCUT2D eigenvalue weighted by atomic mass is 35.5. The summed E-state index contributed by atoms with van der Waals surface area (Å²) in [6.45, 7) is 6.15. The number of rotatable bonds is 13. The molecule has 2 saturated heterocycles. The summed E-state index contributed by atoms with van der Waals surface area (Å²) in [5, 5.41) is 12.2. The van der Waals surface area contributed by atoms with Crippen molar-refractivity contribution in [3.05, 3.63) is 81.1 Å². The highest BCUT2D eigenvalue weighted by Gasteiger charge is 2.40. The van der Waals surface area contributed by atoms with Crippen molar-refractivity contribution >= 4 is 86.5 Å². The summed E-state index contributed by atoms with van der Waals surface area (Å²) >= 11 is 7.47. The molecule has 18 heteroatoms. The van der Waals surface area contributed by atoms with Crippen molar-refractivity contribution in [2.24, 2.45) is 0 Å². The largest absolute Gasteiger partial charge is 0.353 e. The van der Waals surface area contributed by atoms with Gasteiger partial charge >= 0.3 is 0 Å². The van der Waals surface area contributed by atoms with Crippen LogP contribution in [0.25, 0.3) is 0 Å². The van der Waals surface area contributed by atoms with Crippen molar-refractivity contribution in [1.82, 2.24) is 30.1 Å². The minimum atomic E-state index is -0.730. The highest BCUT2D eigenvalue weighted by Crippen LogP contribution is 2.33. The van der Waals surface area contributed by atoms with Crippen LogP contribution in [0.1, 0.15) is 81.9 Å². The van der Waals surface area contributed by atoms with Crippen molar-refractivity contribution < 1.29 is 28.8 Å². The van der Waals surface area contributed by atoms with E-state index >= 15 is 0 Å². The van der Waals surface area contributed by atoms with E-state index in [1.807, 2.05) is 30.0 Å². The number of nitrogens with zero attached hydrogens (tertiary/aromatic N) is 6. The van der Waals surface area contributed by atoms with Gasteiger partial charge in [0, 0.05) is 74.9 Å². The molecule has 2 fully saturated rings. The zero-order valence-corrected chi connectivity index (χ0v) is 33.7. The van der Waals surface area contributed by atoms with Crippen LogP contribution in [0.3, 0.4) is 0 Å². The Balaban J connectivity index is 0.826. The normalized spacial score (nSPS) is 16.6. The van der Waals surface area contributed by atoms with Gasteiger partial charge in [-0.3, -0.25) is 34.1 Å². The van der Waals surface area contributed by atoms with Crippen molar-refractivity contribution in [3.8, 4) is 0 Å². The van der Waals surface area contributed by atoms with E-state index in [0.717, 1.165) is 11.4 Å². The summed E-state index contributed by atoms with van der Waals surface area (Å²) in [6, 6.07) is 11.6. The van der Waals surface area contributed by atoms with Gasteiger partial charge in [-0.25, -0.2) is 15.0 Å². The number of halogens is 1. The van der Waals surface area contributed by atoms with Gasteiger partial charge in [0.05, 0.1) is 16.9 Å². The number of benzene rings is 2. The number of fused-ring (bicyclic) bond motifs is 1. The molecule has 2 aromatic heterocycles. The molecule has 0 aliphatic carbocycles. The molecule has 2 aromatic carbocycles. The second-order valence-electron chi connectivity index (χ2n) is 14.4. The molecule has 302 valence electrons. The first kappa shape index (κ1) is 40.3. The molecule has 1 unspecified atom stereocenters. The molecule has 6 amide bonds. The highest BCUT2D eigenvalue weighted by molar-refractivity contribution is 7.17. The van der Waals surface area contributed by atoms with Gasteiger partial charge in [-0.15, -0.1) is 0 Å². The Morgan fingerprint density at radius 1 is 0.948 bits per heavy atom. The first-order valence-corrected chi connectivity index (χ1v) is 20.4. The summed E-state index contributed by atoms with van der Waals surface area (Å²) in [5.41, 5.74) is 3.04. The van der Waals surface area contributed by atoms with Crippen LogP contribution in [0.15, 0.2) is 48.7 Å². The molecule has 0 bridgehead atoms.